The zero-order chi connectivity index (χ0) is 22.1. The van der Waals surface area contributed by atoms with Crippen molar-refractivity contribution in [3.63, 3.8) is 0 Å². The molecule has 5 rings (SSSR count). The second kappa shape index (κ2) is 8.55. The van der Waals surface area contributed by atoms with Crippen LogP contribution in [0.4, 0.5) is 0 Å². The average Bonchev–Trinajstić information content (AvgIpc) is 3.17. The highest BCUT2D eigenvalue weighted by Gasteiger charge is 2.29. The first-order valence-corrected chi connectivity index (χ1v) is 11.0. The first-order chi connectivity index (χ1) is 15.6. The van der Waals surface area contributed by atoms with E-state index in [9.17, 15) is 4.79 Å². The Hall–Kier alpha value is -3.51. The summed E-state index contributed by atoms with van der Waals surface area (Å²) in [5, 5.41) is 5.97. The van der Waals surface area contributed by atoms with Gasteiger partial charge in [-0.15, -0.1) is 0 Å². The van der Waals surface area contributed by atoms with Gasteiger partial charge in [-0.05, 0) is 23.3 Å². The summed E-state index contributed by atoms with van der Waals surface area (Å²) in [5.74, 6) is -0.0377. The number of benzene rings is 2. The molecule has 0 aliphatic carbocycles. The van der Waals surface area contributed by atoms with E-state index in [0.29, 0.717) is 12.2 Å². The van der Waals surface area contributed by atoms with Gasteiger partial charge in [0.2, 0.25) is 0 Å². The number of nitrogens with zero attached hydrogens (tertiary/aromatic N) is 5. The highest BCUT2D eigenvalue weighted by molar-refractivity contribution is 5.93. The molecule has 3 heterocycles. The van der Waals surface area contributed by atoms with Gasteiger partial charge in [-0.1, -0.05) is 48.5 Å². The monoisotopic (exact) mass is 425 g/mol. The summed E-state index contributed by atoms with van der Waals surface area (Å²) < 4.78 is 2.03. The number of para-hydroxylation sites is 1. The minimum Gasteiger partial charge on any atom is -0.343 e. The zero-order valence-electron chi connectivity index (χ0n) is 18.5. The lowest BCUT2D eigenvalue weighted by atomic mass is 10.0. The van der Waals surface area contributed by atoms with Crippen molar-refractivity contribution in [3.8, 4) is 0 Å². The summed E-state index contributed by atoms with van der Waals surface area (Å²) in [7, 11) is 3.57. The van der Waals surface area contributed by atoms with Crippen molar-refractivity contribution >= 4 is 16.8 Å². The van der Waals surface area contributed by atoms with Crippen LogP contribution >= 0.6 is 0 Å². The van der Waals surface area contributed by atoms with Crippen molar-refractivity contribution in [2.24, 2.45) is 0 Å². The number of aromatic nitrogens is 3. The molecule has 6 heteroatoms. The van der Waals surface area contributed by atoms with E-state index in [2.05, 4.69) is 46.3 Å². The fourth-order valence-corrected chi connectivity index (χ4v) is 4.49. The Kier molecular flexibility index (Phi) is 5.45. The van der Waals surface area contributed by atoms with Gasteiger partial charge in [0.15, 0.2) is 5.69 Å². The van der Waals surface area contributed by atoms with Gasteiger partial charge >= 0.3 is 0 Å². The molecule has 0 saturated carbocycles. The van der Waals surface area contributed by atoms with Crippen molar-refractivity contribution in [1.29, 1.82) is 0 Å². The van der Waals surface area contributed by atoms with E-state index in [1.807, 2.05) is 35.1 Å². The van der Waals surface area contributed by atoms with Gasteiger partial charge in [-0.2, -0.15) is 5.10 Å². The third kappa shape index (κ3) is 3.89. The molecule has 0 N–H and O–H groups in total. The van der Waals surface area contributed by atoms with Crippen molar-refractivity contribution in [2.75, 3.05) is 20.6 Å². The number of amides is 1. The van der Waals surface area contributed by atoms with Crippen molar-refractivity contribution < 1.29 is 4.79 Å². The van der Waals surface area contributed by atoms with Crippen LogP contribution in [0.5, 0.6) is 0 Å². The number of carbonyl (C=O) groups excluding carboxylic acids is 1. The van der Waals surface area contributed by atoms with Gasteiger partial charge in [0.05, 0.1) is 12.1 Å². The van der Waals surface area contributed by atoms with Crippen LogP contribution in [0.2, 0.25) is 0 Å². The summed E-state index contributed by atoms with van der Waals surface area (Å²) >= 11 is 0. The molecule has 2 aromatic carbocycles. The van der Waals surface area contributed by atoms with E-state index in [0.717, 1.165) is 37.1 Å². The molecule has 0 bridgehead atoms. The normalized spacial score (nSPS) is 13.8. The van der Waals surface area contributed by atoms with E-state index < -0.39 is 0 Å². The van der Waals surface area contributed by atoms with E-state index in [1.54, 1.807) is 19.0 Å². The van der Waals surface area contributed by atoms with E-state index >= 15 is 0 Å². The number of carbonyl (C=O) groups is 1. The van der Waals surface area contributed by atoms with Crippen LogP contribution in [-0.2, 0) is 26.1 Å². The summed E-state index contributed by atoms with van der Waals surface area (Å²) in [4.78, 5) is 21.5. The molecule has 0 atom stereocenters. The fourth-order valence-electron chi connectivity index (χ4n) is 4.49. The Bertz CT molecular complexity index is 1260. The molecule has 2 aromatic heterocycles. The van der Waals surface area contributed by atoms with Crippen LogP contribution in [0.1, 0.15) is 32.9 Å². The Labute approximate surface area is 188 Å². The molecule has 0 unspecified atom stereocenters. The molecular weight excluding hydrogens is 398 g/mol. The zero-order valence-corrected chi connectivity index (χ0v) is 18.5. The quantitative estimate of drug-likeness (QED) is 0.489. The standard InChI is InChI=1S/C26H27N5O/c1-29(2)26(32)25-22-18-30(17-20-12-14-27-23-11-7-6-10-21(20)23)15-13-24(22)31(28-25)16-19-8-4-3-5-9-19/h3-12,14H,13,15-18H2,1-2H3. The highest BCUT2D eigenvalue weighted by atomic mass is 16.2. The van der Waals surface area contributed by atoms with Gasteiger partial charge in [-0.3, -0.25) is 19.4 Å². The number of hydrogen-bond acceptors (Lipinski definition) is 4. The third-order valence-corrected chi connectivity index (χ3v) is 6.13. The summed E-state index contributed by atoms with van der Waals surface area (Å²) in [5.41, 5.74) is 6.27. The molecule has 0 radical (unpaired) electrons. The van der Waals surface area contributed by atoms with Gasteiger partial charge < -0.3 is 4.90 Å². The molecule has 162 valence electrons. The Balaban J connectivity index is 1.46. The molecule has 1 amide bonds. The SMILES string of the molecule is CN(C)C(=O)c1nn(Cc2ccccc2)c2c1CN(Cc1ccnc3ccccc13)CC2. The van der Waals surface area contributed by atoms with Gasteiger partial charge in [0.25, 0.3) is 5.91 Å². The molecule has 0 saturated heterocycles. The minimum atomic E-state index is -0.0377. The van der Waals surface area contributed by atoms with Crippen LogP contribution in [0.25, 0.3) is 10.9 Å². The van der Waals surface area contributed by atoms with Gasteiger partial charge in [-0.25, -0.2) is 0 Å². The molecule has 1 aliphatic rings. The smallest absolute Gasteiger partial charge is 0.274 e. The fraction of sp³-hybridized carbons (Fsp3) is 0.269. The maximum atomic E-state index is 12.9. The van der Waals surface area contributed by atoms with E-state index in [-0.39, 0.29) is 5.91 Å². The first-order valence-electron chi connectivity index (χ1n) is 11.0. The Morgan fingerprint density at radius 3 is 2.59 bits per heavy atom. The lowest BCUT2D eigenvalue weighted by Gasteiger charge is -2.28. The number of hydrogen-bond donors (Lipinski definition) is 0. The first kappa shape index (κ1) is 20.4. The van der Waals surface area contributed by atoms with E-state index in [1.165, 1.54) is 22.2 Å². The summed E-state index contributed by atoms with van der Waals surface area (Å²) in [6, 6.07) is 20.7. The predicted molar refractivity (Wildman–Crippen MR) is 125 cm³/mol. The van der Waals surface area contributed by atoms with Crippen LogP contribution in [0.15, 0.2) is 66.9 Å². The molecule has 1 aliphatic heterocycles. The van der Waals surface area contributed by atoms with Crippen LogP contribution in [0.3, 0.4) is 0 Å². The van der Waals surface area contributed by atoms with Crippen molar-refractivity contribution in [1.82, 2.24) is 24.6 Å². The number of pyridine rings is 1. The maximum absolute atomic E-state index is 12.9. The highest BCUT2D eigenvalue weighted by Crippen LogP contribution is 2.27. The van der Waals surface area contributed by atoms with Crippen LogP contribution in [0, 0.1) is 0 Å². The third-order valence-electron chi connectivity index (χ3n) is 6.13. The summed E-state index contributed by atoms with van der Waals surface area (Å²) in [6.45, 7) is 3.15. The summed E-state index contributed by atoms with van der Waals surface area (Å²) in [6.07, 6.45) is 2.75. The van der Waals surface area contributed by atoms with Gasteiger partial charge in [0.1, 0.15) is 0 Å². The lowest BCUT2D eigenvalue weighted by Crippen LogP contribution is -2.32. The largest absolute Gasteiger partial charge is 0.343 e. The average molecular weight is 426 g/mol. The van der Waals surface area contributed by atoms with Crippen molar-refractivity contribution in [2.45, 2.75) is 26.1 Å². The topological polar surface area (TPSA) is 54.3 Å². The lowest BCUT2D eigenvalue weighted by molar-refractivity contribution is 0.0818. The van der Waals surface area contributed by atoms with Gasteiger partial charge in [0, 0.05) is 63.0 Å². The molecule has 32 heavy (non-hydrogen) atoms. The second-order valence-electron chi connectivity index (χ2n) is 8.56. The van der Waals surface area contributed by atoms with Crippen LogP contribution in [-0.4, -0.2) is 51.1 Å². The van der Waals surface area contributed by atoms with E-state index in [4.69, 9.17) is 5.10 Å². The number of fused-ring (bicyclic) bond motifs is 2. The molecule has 0 fully saturated rings. The predicted octanol–water partition coefficient (Wildman–Crippen LogP) is 3.74. The second-order valence-corrected chi connectivity index (χ2v) is 8.56. The Morgan fingerprint density at radius 1 is 1.00 bits per heavy atom. The molecule has 4 aromatic rings. The molecule has 6 nitrogen and oxygen atoms in total. The van der Waals surface area contributed by atoms with Crippen molar-refractivity contribution in [3.05, 3.63) is 94.9 Å². The minimum absolute atomic E-state index is 0.0377. The van der Waals surface area contributed by atoms with Crippen LogP contribution < -0.4 is 0 Å². The number of rotatable bonds is 5. The Morgan fingerprint density at radius 2 is 1.78 bits per heavy atom. The maximum Gasteiger partial charge on any atom is 0.274 e. The molecular formula is C26H27N5O. The molecule has 0 spiro atoms.